The Bertz CT molecular complexity index is 828. The van der Waals surface area contributed by atoms with Gasteiger partial charge in [-0.1, -0.05) is 47.6 Å². The van der Waals surface area contributed by atoms with Gasteiger partial charge in [-0.25, -0.2) is 0 Å². The number of carbonyl (C=O) groups is 1. The zero-order chi connectivity index (χ0) is 17.6. The zero-order valence-corrected chi connectivity index (χ0v) is 13.8. The van der Waals surface area contributed by atoms with Crippen LogP contribution in [-0.4, -0.2) is 21.2 Å². The Morgan fingerprint density at radius 2 is 1.88 bits per heavy atom. The second-order valence-corrected chi connectivity index (χ2v) is 5.62. The molecule has 0 aliphatic rings. The standard InChI is InChI=1S/C19H18N2O4/c1-13(19-20-18(21-25-19)15-5-3-2-4-6-15)24-16-10-7-14(8-11-16)9-12-17(22)23/h2-8,10-11,13H,9,12H2,1H3,(H,22,23)/t13-/m1/s1. The summed E-state index contributed by atoms with van der Waals surface area (Å²) in [5.41, 5.74) is 1.83. The molecule has 128 valence electrons. The Kier molecular flexibility index (Phi) is 5.09. The molecule has 0 spiro atoms. The molecule has 0 aliphatic carbocycles. The maximum Gasteiger partial charge on any atom is 0.303 e. The molecule has 6 nitrogen and oxygen atoms in total. The quantitative estimate of drug-likeness (QED) is 0.703. The van der Waals surface area contributed by atoms with Crippen LogP contribution in [0.15, 0.2) is 59.1 Å². The Morgan fingerprint density at radius 1 is 1.16 bits per heavy atom. The summed E-state index contributed by atoms with van der Waals surface area (Å²) in [6.45, 7) is 1.83. The summed E-state index contributed by atoms with van der Waals surface area (Å²) in [6, 6.07) is 16.9. The van der Waals surface area contributed by atoms with Crippen LogP contribution in [0.4, 0.5) is 0 Å². The first-order chi connectivity index (χ1) is 12.1. The molecule has 0 saturated heterocycles. The van der Waals surface area contributed by atoms with Crippen LogP contribution in [-0.2, 0) is 11.2 Å². The number of rotatable bonds is 7. The van der Waals surface area contributed by atoms with Crippen LogP contribution in [0.25, 0.3) is 11.4 Å². The van der Waals surface area contributed by atoms with Crippen molar-refractivity contribution in [1.82, 2.24) is 10.1 Å². The summed E-state index contributed by atoms with van der Waals surface area (Å²) in [5, 5.41) is 12.7. The second kappa shape index (κ2) is 7.61. The lowest BCUT2D eigenvalue weighted by molar-refractivity contribution is -0.136. The van der Waals surface area contributed by atoms with E-state index in [0.29, 0.717) is 23.9 Å². The molecule has 0 radical (unpaired) electrons. The van der Waals surface area contributed by atoms with Gasteiger partial charge in [0.2, 0.25) is 5.82 Å². The highest BCUT2D eigenvalue weighted by Gasteiger charge is 2.16. The van der Waals surface area contributed by atoms with Gasteiger partial charge in [-0.3, -0.25) is 4.79 Å². The number of carboxylic acid groups (broad SMARTS) is 1. The number of ether oxygens (including phenoxy) is 1. The van der Waals surface area contributed by atoms with Gasteiger partial charge in [0.25, 0.3) is 5.89 Å². The molecular weight excluding hydrogens is 320 g/mol. The first-order valence-electron chi connectivity index (χ1n) is 7.98. The maximum absolute atomic E-state index is 10.6. The van der Waals surface area contributed by atoms with E-state index in [2.05, 4.69) is 10.1 Å². The monoisotopic (exact) mass is 338 g/mol. The van der Waals surface area contributed by atoms with Crippen molar-refractivity contribution >= 4 is 5.97 Å². The molecule has 0 bridgehead atoms. The predicted octanol–water partition coefficient (Wildman–Crippen LogP) is 3.89. The highest BCUT2D eigenvalue weighted by molar-refractivity contribution is 5.67. The molecule has 1 aromatic heterocycles. The van der Waals surface area contributed by atoms with Gasteiger partial charge in [-0.05, 0) is 31.0 Å². The molecule has 3 aromatic rings. The number of benzene rings is 2. The van der Waals surface area contributed by atoms with Gasteiger partial charge in [0, 0.05) is 12.0 Å². The molecule has 0 unspecified atom stereocenters. The second-order valence-electron chi connectivity index (χ2n) is 5.62. The van der Waals surface area contributed by atoms with Crippen molar-refractivity contribution in [1.29, 1.82) is 0 Å². The van der Waals surface area contributed by atoms with Gasteiger partial charge in [0.1, 0.15) is 5.75 Å². The lowest BCUT2D eigenvalue weighted by atomic mass is 10.1. The average Bonchev–Trinajstić information content (AvgIpc) is 3.12. The van der Waals surface area contributed by atoms with E-state index in [1.807, 2.05) is 61.5 Å². The molecule has 1 N–H and O–H groups in total. The lowest BCUT2D eigenvalue weighted by Crippen LogP contribution is -2.03. The molecule has 2 aromatic carbocycles. The minimum absolute atomic E-state index is 0.112. The number of aromatic nitrogens is 2. The van der Waals surface area contributed by atoms with Gasteiger partial charge in [0.05, 0.1) is 0 Å². The van der Waals surface area contributed by atoms with Crippen molar-refractivity contribution in [3.05, 3.63) is 66.1 Å². The number of nitrogens with zero attached hydrogens (tertiary/aromatic N) is 2. The zero-order valence-electron chi connectivity index (χ0n) is 13.8. The van der Waals surface area contributed by atoms with E-state index in [1.165, 1.54) is 0 Å². The third-order valence-corrected chi connectivity index (χ3v) is 3.69. The van der Waals surface area contributed by atoms with Gasteiger partial charge in [0.15, 0.2) is 6.10 Å². The summed E-state index contributed by atoms with van der Waals surface area (Å²) in [5.74, 6) is 0.773. The Hall–Kier alpha value is -3.15. The van der Waals surface area contributed by atoms with Crippen LogP contribution < -0.4 is 4.74 Å². The fourth-order valence-electron chi connectivity index (χ4n) is 2.35. The van der Waals surface area contributed by atoms with Crippen LogP contribution in [0.5, 0.6) is 5.75 Å². The van der Waals surface area contributed by atoms with Crippen molar-refractivity contribution in [3.63, 3.8) is 0 Å². The highest BCUT2D eigenvalue weighted by atomic mass is 16.5. The van der Waals surface area contributed by atoms with Crippen LogP contribution in [0.3, 0.4) is 0 Å². The highest BCUT2D eigenvalue weighted by Crippen LogP contribution is 2.23. The summed E-state index contributed by atoms with van der Waals surface area (Å²) < 4.78 is 11.1. The number of aryl methyl sites for hydroxylation is 1. The molecule has 25 heavy (non-hydrogen) atoms. The van der Waals surface area contributed by atoms with Gasteiger partial charge in [-0.2, -0.15) is 4.98 Å². The van der Waals surface area contributed by atoms with Crippen LogP contribution in [0, 0.1) is 0 Å². The van der Waals surface area contributed by atoms with Crippen LogP contribution >= 0.6 is 0 Å². The van der Waals surface area contributed by atoms with Crippen LogP contribution in [0.1, 0.15) is 30.9 Å². The van der Waals surface area contributed by atoms with E-state index in [-0.39, 0.29) is 6.42 Å². The lowest BCUT2D eigenvalue weighted by Gasteiger charge is -2.11. The van der Waals surface area contributed by atoms with Crippen molar-refractivity contribution in [2.45, 2.75) is 25.9 Å². The van der Waals surface area contributed by atoms with Crippen LogP contribution in [0.2, 0.25) is 0 Å². The predicted molar refractivity (Wildman–Crippen MR) is 91.2 cm³/mol. The number of hydrogen-bond acceptors (Lipinski definition) is 5. The molecule has 1 heterocycles. The molecular formula is C19H18N2O4. The molecule has 3 rings (SSSR count). The number of aliphatic carboxylic acids is 1. The Morgan fingerprint density at radius 3 is 2.56 bits per heavy atom. The van der Waals surface area contributed by atoms with Gasteiger partial charge >= 0.3 is 5.97 Å². The van der Waals surface area contributed by atoms with Gasteiger partial charge in [-0.15, -0.1) is 0 Å². The van der Waals surface area contributed by atoms with E-state index < -0.39 is 12.1 Å². The molecule has 0 aliphatic heterocycles. The largest absolute Gasteiger partial charge is 0.481 e. The Balaban J connectivity index is 1.63. The molecule has 0 fully saturated rings. The fraction of sp³-hybridized carbons (Fsp3) is 0.211. The molecule has 0 saturated carbocycles. The van der Waals surface area contributed by atoms with Crippen molar-refractivity contribution in [2.24, 2.45) is 0 Å². The minimum atomic E-state index is -0.806. The van der Waals surface area contributed by atoms with Crippen molar-refractivity contribution in [2.75, 3.05) is 0 Å². The smallest absolute Gasteiger partial charge is 0.303 e. The third-order valence-electron chi connectivity index (χ3n) is 3.69. The minimum Gasteiger partial charge on any atom is -0.481 e. The van der Waals surface area contributed by atoms with Crippen molar-refractivity contribution < 1.29 is 19.2 Å². The average molecular weight is 338 g/mol. The number of carboxylic acids is 1. The summed E-state index contributed by atoms with van der Waals surface area (Å²) in [4.78, 5) is 15.0. The third kappa shape index (κ3) is 4.44. The normalized spacial score (nSPS) is 11.9. The van der Waals surface area contributed by atoms with Crippen molar-refractivity contribution in [3.8, 4) is 17.1 Å². The SMILES string of the molecule is C[C@@H](Oc1ccc(CCC(=O)O)cc1)c1nc(-c2ccccc2)no1. The molecule has 0 amide bonds. The first-order valence-corrected chi connectivity index (χ1v) is 7.98. The van der Waals surface area contributed by atoms with E-state index in [9.17, 15) is 4.79 Å². The van der Waals surface area contributed by atoms with Gasteiger partial charge < -0.3 is 14.4 Å². The van der Waals surface area contributed by atoms with E-state index in [1.54, 1.807) is 0 Å². The number of hydrogen-bond donors (Lipinski definition) is 1. The first kappa shape index (κ1) is 16.7. The summed E-state index contributed by atoms with van der Waals surface area (Å²) >= 11 is 0. The summed E-state index contributed by atoms with van der Waals surface area (Å²) in [6.07, 6.45) is 0.214. The Labute approximate surface area is 145 Å². The van der Waals surface area contributed by atoms with E-state index in [0.717, 1.165) is 11.1 Å². The maximum atomic E-state index is 10.6. The molecule has 1 atom stereocenters. The molecule has 6 heteroatoms. The van der Waals surface area contributed by atoms with E-state index in [4.69, 9.17) is 14.4 Å². The summed E-state index contributed by atoms with van der Waals surface area (Å²) in [7, 11) is 0. The topological polar surface area (TPSA) is 85.5 Å². The van der Waals surface area contributed by atoms with E-state index >= 15 is 0 Å². The fourth-order valence-corrected chi connectivity index (χ4v) is 2.35.